The van der Waals surface area contributed by atoms with E-state index in [9.17, 15) is 4.79 Å². The first-order valence-corrected chi connectivity index (χ1v) is 9.26. The summed E-state index contributed by atoms with van der Waals surface area (Å²) in [6.07, 6.45) is 3.40. The van der Waals surface area contributed by atoms with Crippen LogP contribution in [0, 0.1) is 0 Å². The molecular weight excluding hydrogens is 358 g/mol. The number of oxazole rings is 1. The molecule has 0 N–H and O–H groups in total. The van der Waals surface area contributed by atoms with Crippen LogP contribution in [0.2, 0.25) is 0 Å². The van der Waals surface area contributed by atoms with E-state index in [1.54, 1.807) is 11.1 Å². The number of anilines is 1. The maximum atomic E-state index is 12.8. The van der Waals surface area contributed by atoms with Crippen molar-refractivity contribution in [2.75, 3.05) is 31.2 Å². The van der Waals surface area contributed by atoms with Crippen LogP contribution in [0.4, 0.5) is 5.95 Å². The van der Waals surface area contributed by atoms with Crippen molar-refractivity contribution in [3.8, 4) is 11.3 Å². The number of carbonyl (C=O) groups excluding carboxylic acids is 1. The van der Waals surface area contributed by atoms with Crippen molar-refractivity contribution in [3.05, 3.63) is 59.9 Å². The van der Waals surface area contributed by atoms with Crippen molar-refractivity contribution in [2.45, 2.75) is 13.1 Å². The van der Waals surface area contributed by atoms with Gasteiger partial charge in [-0.15, -0.1) is 0 Å². The van der Waals surface area contributed by atoms with Crippen LogP contribution in [-0.4, -0.2) is 52.1 Å². The summed E-state index contributed by atoms with van der Waals surface area (Å²) in [5.74, 6) is 1.12. The highest BCUT2D eigenvalue weighted by Gasteiger charge is 2.29. The molecule has 0 aliphatic carbocycles. The highest BCUT2D eigenvalue weighted by molar-refractivity contribution is 5.90. The Balaban J connectivity index is 1.32. The number of hydrogen-bond donors (Lipinski definition) is 0. The topological polar surface area (TPSA) is 84.6 Å². The molecule has 0 bridgehead atoms. The smallest absolute Gasteiger partial charge is 0.310 e. The van der Waals surface area contributed by atoms with Gasteiger partial charge in [0.05, 0.1) is 31.6 Å². The lowest BCUT2D eigenvalue weighted by molar-refractivity contribution is 0.0711. The molecule has 142 valence electrons. The van der Waals surface area contributed by atoms with Crippen molar-refractivity contribution >= 4 is 11.9 Å². The predicted molar refractivity (Wildman–Crippen MR) is 101 cm³/mol. The van der Waals surface area contributed by atoms with Crippen molar-refractivity contribution < 1.29 is 13.9 Å². The van der Waals surface area contributed by atoms with Crippen molar-refractivity contribution in [1.82, 2.24) is 19.9 Å². The van der Waals surface area contributed by atoms with Gasteiger partial charge in [0.15, 0.2) is 5.76 Å². The highest BCUT2D eigenvalue weighted by Crippen LogP contribution is 2.26. The average Bonchev–Trinajstić information content (AvgIpc) is 3.41. The molecule has 2 aliphatic heterocycles. The Morgan fingerprint density at radius 2 is 1.82 bits per heavy atom. The minimum Gasteiger partial charge on any atom is -0.432 e. The van der Waals surface area contributed by atoms with Gasteiger partial charge < -0.3 is 19.0 Å². The Bertz CT molecular complexity index is 998. The van der Waals surface area contributed by atoms with Gasteiger partial charge in [-0.3, -0.25) is 4.79 Å². The van der Waals surface area contributed by atoms with Gasteiger partial charge in [0.1, 0.15) is 0 Å². The fourth-order valence-corrected chi connectivity index (χ4v) is 3.45. The predicted octanol–water partition coefficient (Wildman–Crippen LogP) is 2.12. The first-order valence-electron chi connectivity index (χ1n) is 9.26. The molecule has 1 amide bonds. The Kier molecular flexibility index (Phi) is 4.25. The van der Waals surface area contributed by atoms with Gasteiger partial charge in [-0.25, -0.2) is 15.0 Å². The third kappa shape index (κ3) is 3.11. The quantitative estimate of drug-likeness (QED) is 0.691. The summed E-state index contributed by atoms with van der Waals surface area (Å²) in [4.78, 5) is 29.9. The van der Waals surface area contributed by atoms with Crippen LogP contribution in [0.1, 0.15) is 21.9 Å². The molecule has 0 spiro atoms. The molecule has 4 heterocycles. The Morgan fingerprint density at radius 1 is 1.00 bits per heavy atom. The number of carbonyl (C=O) groups is 1. The van der Waals surface area contributed by atoms with Crippen molar-refractivity contribution in [1.29, 1.82) is 0 Å². The molecule has 3 aromatic rings. The molecule has 0 unspecified atom stereocenters. The number of rotatable bonds is 3. The molecule has 1 fully saturated rings. The molecular formula is C20H19N5O3. The molecule has 0 radical (unpaired) electrons. The molecule has 1 saturated heterocycles. The number of ether oxygens (including phenoxy) is 1. The standard InChI is InChI=1S/C20H19N5O3/c26-19(18-21-11-17(28-18)14-4-2-1-3-5-14)25-12-15-10-22-20(23-16(15)13-25)24-6-8-27-9-7-24/h1-5,10-11H,6-9,12-13H2. The minimum atomic E-state index is -0.242. The molecule has 8 nitrogen and oxygen atoms in total. The van der Waals surface area contributed by atoms with Crippen LogP contribution in [0.5, 0.6) is 0 Å². The number of hydrogen-bond acceptors (Lipinski definition) is 7. The number of benzene rings is 1. The van der Waals surface area contributed by atoms with Crippen LogP contribution in [-0.2, 0) is 17.8 Å². The molecule has 2 aliphatic rings. The fraction of sp³-hybridized carbons (Fsp3) is 0.300. The third-order valence-electron chi connectivity index (χ3n) is 4.97. The van der Waals surface area contributed by atoms with Gasteiger partial charge in [-0.05, 0) is 0 Å². The average molecular weight is 377 g/mol. The molecule has 0 atom stereocenters. The van der Waals surface area contributed by atoms with Crippen LogP contribution in [0.25, 0.3) is 11.3 Å². The van der Waals surface area contributed by atoms with E-state index >= 15 is 0 Å². The summed E-state index contributed by atoms with van der Waals surface area (Å²) in [7, 11) is 0. The van der Waals surface area contributed by atoms with Crippen LogP contribution >= 0.6 is 0 Å². The first kappa shape index (κ1) is 16.9. The van der Waals surface area contributed by atoms with Gasteiger partial charge in [0, 0.05) is 37.0 Å². The second-order valence-corrected chi connectivity index (χ2v) is 6.80. The van der Waals surface area contributed by atoms with E-state index in [1.165, 1.54) is 0 Å². The number of nitrogens with zero attached hydrogens (tertiary/aromatic N) is 5. The molecule has 0 saturated carbocycles. The van der Waals surface area contributed by atoms with Gasteiger partial charge in [-0.1, -0.05) is 30.3 Å². The summed E-state index contributed by atoms with van der Waals surface area (Å²) in [5, 5.41) is 0. The molecule has 8 heteroatoms. The monoisotopic (exact) mass is 377 g/mol. The van der Waals surface area contributed by atoms with Crippen LogP contribution in [0.3, 0.4) is 0 Å². The van der Waals surface area contributed by atoms with E-state index in [2.05, 4.69) is 19.9 Å². The van der Waals surface area contributed by atoms with Gasteiger partial charge in [-0.2, -0.15) is 0 Å². The maximum absolute atomic E-state index is 12.8. The SMILES string of the molecule is O=C(c1ncc(-c2ccccc2)o1)N1Cc2cnc(N3CCOCC3)nc2C1. The second-order valence-electron chi connectivity index (χ2n) is 6.80. The normalized spacial score (nSPS) is 16.3. The van der Waals surface area contributed by atoms with Crippen molar-refractivity contribution in [3.63, 3.8) is 0 Å². The maximum Gasteiger partial charge on any atom is 0.310 e. The lowest BCUT2D eigenvalue weighted by Crippen LogP contribution is -2.37. The van der Waals surface area contributed by atoms with Crippen LogP contribution in [0.15, 0.2) is 47.1 Å². The van der Waals surface area contributed by atoms with Gasteiger partial charge in [0.2, 0.25) is 5.95 Å². The first-order chi connectivity index (χ1) is 13.8. The summed E-state index contributed by atoms with van der Waals surface area (Å²) in [6.45, 7) is 3.80. The molecule has 2 aromatic heterocycles. The lowest BCUT2D eigenvalue weighted by atomic mass is 10.2. The van der Waals surface area contributed by atoms with Crippen LogP contribution < -0.4 is 4.90 Å². The van der Waals surface area contributed by atoms with E-state index in [1.807, 2.05) is 36.5 Å². The van der Waals surface area contributed by atoms with Gasteiger partial charge in [0.25, 0.3) is 5.89 Å². The van der Waals surface area contributed by atoms with E-state index in [-0.39, 0.29) is 11.8 Å². The molecule has 28 heavy (non-hydrogen) atoms. The summed E-state index contributed by atoms with van der Waals surface area (Å²) >= 11 is 0. The Hall–Kier alpha value is -3.26. The van der Waals surface area contributed by atoms with Gasteiger partial charge >= 0.3 is 5.91 Å². The van der Waals surface area contributed by atoms with E-state index < -0.39 is 0 Å². The van der Waals surface area contributed by atoms with Crippen molar-refractivity contribution in [2.24, 2.45) is 0 Å². The molecule has 1 aromatic carbocycles. The summed E-state index contributed by atoms with van der Waals surface area (Å²) in [5.41, 5.74) is 2.72. The second kappa shape index (κ2) is 7.05. The summed E-state index contributed by atoms with van der Waals surface area (Å²) in [6, 6.07) is 9.61. The summed E-state index contributed by atoms with van der Waals surface area (Å²) < 4.78 is 11.1. The Morgan fingerprint density at radius 3 is 2.64 bits per heavy atom. The third-order valence-corrected chi connectivity index (χ3v) is 4.97. The lowest BCUT2D eigenvalue weighted by Gasteiger charge is -2.26. The Labute approximate surface area is 161 Å². The molecule has 5 rings (SSSR count). The minimum absolute atomic E-state index is 0.0908. The van der Waals surface area contributed by atoms with E-state index in [4.69, 9.17) is 9.15 Å². The number of morpholine rings is 1. The van der Waals surface area contributed by atoms with E-state index in [0.717, 1.165) is 29.9 Å². The number of fused-ring (bicyclic) bond motifs is 1. The zero-order valence-electron chi connectivity index (χ0n) is 15.2. The zero-order chi connectivity index (χ0) is 18.9. The number of aromatic nitrogens is 3. The zero-order valence-corrected chi connectivity index (χ0v) is 15.2. The largest absolute Gasteiger partial charge is 0.432 e. The van der Waals surface area contributed by atoms with E-state index in [0.29, 0.717) is 38.0 Å². The number of amides is 1. The highest BCUT2D eigenvalue weighted by atomic mass is 16.5. The fourth-order valence-electron chi connectivity index (χ4n) is 3.45.